The number of carbonyl (C=O) groups is 1. The first kappa shape index (κ1) is 16.3. The second kappa shape index (κ2) is 7.79. The number of rotatable bonds is 7. The van der Waals surface area contributed by atoms with Gasteiger partial charge in [0, 0.05) is 25.5 Å². The fraction of sp³-hybridized carbons (Fsp3) is 0.333. The molecule has 118 valence electrons. The van der Waals surface area contributed by atoms with E-state index in [2.05, 4.69) is 10.3 Å². The Morgan fingerprint density at radius 2 is 2.36 bits per heavy atom. The molecule has 1 aromatic carbocycles. The molecule has 0 fully saturated rings. The molecule has 0 spiro atoms. The number of benzene rings is 1. The summed E-state index contributed by atoms with van der Waals surface area (Å²) in [4.78, 5) is 15.9. The molecule has 1 amide bonds. The first-order valence-electron chi connectivity index (χ1n) is 6.91. The van der Waals surface area contributed by atoms with Gasteiger partial charge in [0.15, 0.2) is 6.10 Å². The van der Waals surface area contributed by atoms with Crippen molar-refractivity contribution in [1.29, 1.82) is 0 Å². The highest BCUT2D eigenvalue weighted by Crippen LogP contribution is 2.25. The number of hydrogen-bond donors (Lipinski definition) is 1. The third kappa shape index (κ3) is 4.73. The van der Waals surface area contributed by atoms with E-state index in [4.69, 9.17) is 16.3 Å². The number of nitrogens with zero attached hydrogens (tertiary/aromatic N) is 2. The molecule has 1 atom stereocenters. The van der Waals surface area contributed by atoms with Gasteiger partial charge in [0.2, 0.25) is 0 Å². The normalized spacial score (nSPS) is 12.0. The Morgan fingerprint density at radius 3 is 3.05 bits per heavy atom. The van der Waals surface area contributed by atoms with Gasteiger partial charge in [0.25, 0.3) is 5.91 Å². The van der Waals surface area contributed by atoms with Crippen molar-refractivity contribution in [2.45, 2.75) is 26.0 Å². The van der Waals surface area contributed by atoms with Gasteiger partial charge >= 0.3 is 0 Å². The molecule has 5 nitrogen and oxygen atoms in total. The number of imidazole rings is 1. The van der Waals surface area contributed by atoms with E-state index in [1.54, 1.807) is 19.4 Å². The highest BCUT2D eigenvalue weighted by Gasteiger charge is 2.15. The van der Waals surface area contributed by atoms with Crippen LogP contribution in [0, 0.1) is 5.82 Å². The lowest BCUT2D eigenvalue weighted by Gasteiger charge is -2.15. The third-order valence-corrected chi connectivity index (χ3v) is 3.31. The number of amides is 1. The summed E-state index contributed by atoms with van der Waals surface area (Å²) in [6.45, 7) is 2.92. The van der Waals surface area contributed by atoms with Gasteiger partial charge in [0.05, 0.1) is 11.3 Å². The first-order chi connectivity index (χ1) is 10.6. The van der Waals surface area contributed by atoms with Crippen LogP contribution in [-0.4, -0.2) is 28.1 Å². The van der Waals surface area contributed by atoms with E-state index in [0.29, 0.717) is 6.54 Å². The van der Waals surface area contributed by atoms with Gasteiger partial charge in [-0.25, -0.2) is 9.37 Å². The van der Waals surface area contributed by atoms with Crippen molar-refractivity contribution in [3.63, 3.8) is 0 Å². The van der Waals surface area contributed by atoms with Crippen LogP contribution in [0.3, 0.4) is 0 Å². The molecule has 1 heterocycles. The fourth-order valence-electron chi connectivity index (χ4n) is 1.85. The highest BCUT2D eigenvalue weighted by atomic mass is 35.5. The van der Waals surface area contributed by atoms with Gasteiger partial charge in [-0.15, -0.1) is 0 Å². The molecule has 2 aromatic rings. The Kier molecular flexibility index (Phi) is 5.77. The number of carbonyl (C=O) groups excluding carboxylic acids is 1. The van der Waals surface area contributed by atoms with Gasteiger partial charge < -0.3 is 14.6 Å². The summed E-state index contributed by atoms with van der Waals surface area (Å²) in [7, 11) is 0. The zero-order chi connectivity index (χ0) is 15.9. The molecular weight excluding hydrogens is 309 g/mol. The zero-order valence-corrected chi connectivity index (χ0v) is 12.9. The van der Waals surface area contributed by atoms with Crippen LogP contribution < -0.4 is 10.1 Å². The van der Waals surface area contributed by atoms with Gasteiger partial charge in [-0.05, 0) is 31.5 Å². The predicted molar refractivity (Wildman–Crippen MR) is 81.4 cm³/mol. The van der Waals surface area contributed by atoms with Crippen LogP contribution in [0.25, 0.3) is 0 Å². The number of hydrogen-bond acceptors (Lipinski definition) is 3. The molecule has 0 aliphatic heterocycles. The Bertz CT molecular complexity index is 619. The van der Waals surface area contributed by atoms with Crippen molar-refractivity contribution in [2.75, 3.05) is 6.54 Å². The second-order valence-corrected chi connectivity index (χ2v) is 5.19. The summed E-state index contributed by atoms with van der Waals surface area (Å²) in [6.07, 6.45) is 5.37. The molecule has 0 saturated heterocycles. The Balaban J connectivity index is 1.74. The summed E-state index contributed by atoms with van der Waals surface area (Å²) >= 11 is 5.86. The molecule has 0 aliphatic carbocycles. The van der Waals surface area contributed by atoms with Gasteiger partial charge in [-0.2, -0.15) is 0 Å². The second-order valence-electron chi connectivity index (χ2n) is 4.78. The molecule has 22 heavy (non-hydrogen) atoms. The summed E-state index contributed by atoms with van der Waals surface area (Å²) in [5, 5.41) is 2.92. The molecule has 0 saturated carbocycles. The summed E-state index contributed by atoms with van der Waals surface area (Å²) in [6, 6.07) is 3.78. The van der Waals surface area contributed by atoms with E-state index in [0.717, 1.165) is 19.0 Å². The number of aromatic nitrogens is 2. The maximum Gasteiger partial charge on any atom is 0.260 e. The Labute approximate surface area is 133 Å². The Morgan fingerprint density at radius 1 is 1.55 bits per heavy atom. The van der Waals surface area contributed by atoms with Gasteiger partial charge in [-0.3, -0.25) is 4.79 Å². The molecule has 2 rings (SSSR count). The minimum atomic E-state index is -0.712. The minimum absolute atomic E-state index is 0.139. The van der Waals surface area contributed by atoms with E-state index in [-0.39, 0.29) is 16.7 Å². The van der Waals surface area contributed by atoms with Crippen molar-refractivity contribution in [3.8, 4) is 5.75 Å². The lowest BCUT2D eigenvalue weighted by Crippen LogP contribution is -2.37. The maximum atomic E-state index is 12.9. The van der Waals surface area contributed by atoms with Crippen LogP contribution in [0.4, 0.5) is 4.39 Å². The standard InChI is InChI=1S/C15H17ClFN3O2/c1-11(22-14-4-3-12(17)9-13(14)16)15(21)19-5-2-7-20-8-6-18-10-20/h3-4,6,8-11H,2,5,7H2,1H3,(H,19,21)/t11-/m0/s1. The van der Waals surface area contributed by atoms with Crippen LogP contribution >= 0.6 is 11.6 Å². The first-order valence-corrected chi connectivity index (χ1v) is 7.29. The quantitative estimate of drug-likeness (QED) is 0.796. The predicted octanol–water partition coefficient (Wildman–Crippen LogP) is 2.65. The molecule has 0 unspecified atom stereocenters. The summed E-state index contributed by atoms with van der Waals surface area (Å²) in [5.41, 5.74) is 0. The molecular formula is C15H17ClFN3O2. The summed E-state index contributed by atoms with van der Waals surface area (Å²) in [5.74, 6) is -0.413. The number of nitrogens with one attached hydrogen (secondary N) is 1. The van der Waals surface area contributed by atoms with Crippen molar-refractivity contribution in [2.24, 2.45) is 0 Å². The lowest BCUT2D eigenvalue weighted by molar-refractivity contribution is -0.127. The van der Waals surface area contributed by atoms with Crippen molar-refractivity contribution in [3.05, 3.63) is 47.8 Å². The monoisotopic (exact) mass is 325 g/mol. The average molecular weight is 326 g/mol. The van der Waals surface area contributed by atoms with E-state index >= 15 is 0 Å². The van der Waals surface area contributed by atoms with Crippen molar-refractivity contribution >= 4 is 17.5 Å². The topological polar surface area (TPSA) is 56.1 Å². The van der Waals surface area contributed by atoms with Gasteiger partial charge in [-0.1, -0.05) is 11.6 Å². The third-order valence-electron chi connectivity index (χ3n) is 3.02. The maximum absolute atomic E-state index is 12.9. The molecule has 0 radical (unpaired) electrons. The van der Waals surface area contributed by atoms with Crippen LogP contribution in [0.15, 0.2) is 36.9 Å². The molecule has 1 aromatic heterocycles. The van der Waals surface area contributed by atoms with Crippen LogP contribution in [0.1, 0.15) is 13.3 Å². The van der Waals surface area contributed by atoms with E-state index in [1.807, 2.05) is 10.8 Å². The van der Waals surface area contributed by atoms with Crippen molar-refractivity contribution in [1.82, 2.24) is 14.9 Å². The minimum Gasteiger partial charge on any atom is -0.479 e. The molecule has 7 heteroatoms. The van der Waals surface area contributed by atoms with E-state index < -0.39 is 11.9 Å². The average Bonchev–Trinajstić information content (AvgIpc) is 2.99. The molecule has 1 N–H and O–H groups in total. The van der Waals surface area contributed by atoms with Crippen LogP contribution in [0.5, 0.6) is 5.75 Å². The van der Waals surface area contributed by atoms with Gasteiger partial charge in [0.1, 0.15) is 11.6 Å². The van der Waals surface area contributed by atoms with Crippen LogP contribution in [0.2, 0.25) is 5.02 Å². The SMILES string of the molecule is C[C@H](Oc1ccc(F)cc1Cl)C(=O)NCCCn1ccnc1. The number of halogens is 2. The fourth-order valence-corrected chi connectivity index (χ4v) is 2.06. The number of aryl methyl sites for hydroxylation is 1. The van der Waals surface area contributed by atoms with Crippen molar-refractivity contribution < 1.29 is 13.9 Å². The van der Waals surface area contributed by atoms with Crippen LogP contribution in [-0.2, 0) is 11.3 Å². The smallest absolute Gasteiger partial charge is 0.260 e. The Hall–Kier alpha value is -2.08. The largest absolute Gasteiger partial charge is 0.479 e. The van der Waals surface area contributed by atoms with E-state index in [9.17, 15) is 9.18 Å². The summed E-state index contributed by atoms with van der Waals surface area (Å²) < 4.78 is 20.3. The molecule has 0 aliphatic rings. The zero-order valence-electron chi connectivity index (χ0n) is 12.1. The lowest BCUT2D eigenvalue weighted by atomic mass is 10.3. The highest BCUT2D eigenvalue weighted by molar-refractivity contribution is 6.32. The molecule has 0 bridgehead atoms. The number of ether oxygens (including phenoxy) is 1. The van der Waals surface area contributed by atoms with E-state index in [1.165, 1.54) is 12.1 Å².